The van der Waals surface area contributed by atoms with Gasteiger partial charge in [0.1, 0.15) is 0 Å². The van der Waals surface area contributed by atoms with Crippen molar-refractivity contribution in [2.75, 3.05) is 13.6 Å². The first-order valence-electron chi connectivity index (χ1n) is 7.56. The molecule has 2 rings (SSSR count). The number of thiazole rings is 1. The zero-order valence-corrected chi connectivity index (χ0v) is 17.0. The number of hydrogen-bond acceptors (Lipinski definition) is 3. The molecule has 22 heavy (non-hydrogen) atoms. The zero-order chi connectivity index (χ0) is 15.3. The maximum atomic E-state index is 4.72. The van der Waals surface area contributed by atoms with E-state index >= 15 is 0 Å². The number of halogens is 1. The van der Waals surface area contributed by atoms with Crippen LogP contribution in [0.25, 0.3) is 0 Å². The van der Waals surface area contributed by atoms with Gasteiger partial charge in [-0.05, 0) is 12.8 Å². The molecule has 1 aromatic rings. The summed E-state index contributed by atoms with van der Waals surface area (Å²) < 4.78 is 0. The van der Waals surface area contributed by atoms with Crippen LogP contribution in [0.5, 0.6) is 0 Å². The van der Waals surface area contributed by atoms with E-state index in [0.717, 1.165) is 31.8 Å². The van der Waals surface area contributed by atoms with E-state index in [9.17, 15) is 0 Å². The Bertz CT molecular complexity index is 508. The highest BCUT2D eigenvalue weighted by atomic mass is 127. The fraction of sp³-hybridized carbons (Fsp3) is 0.625. The van der Waals surface area contributed by atoms with Crippen LogP contribution >= 0.6 is 35.3 Å². The minimum atomic E-state index is 0. The molecule has 4 nitrogen and oxygen atoms in total. The van der Waals surface area contributed by atoms with Crippen LogP contribution in [0.4, 0.5) is 0 Å². The summed E-state index contributed by atoms with van der Waals surface area (Å²) in [5.41, 5.74) is 1.32. The molecule has 124 valence electrons. The Balaban J connectivity index is 0.00000242. The van der Waals surface area contributed by atoms with Crippen LogP contribution < -0.4 is 10.6 Å². The van der Waals surface area contributed by atoms with Crippen LogP contribution in [0, 0.1) is 0 Å². The summed E-state index contributed by atoms with van der Waals surface area (Å²) in [6, 6.07) is 0.489. The Morgan fingerprint density at radius 1 is 1.36 bits per heavy atom. The largest absolute Gasteiger partial charge is 0.356 e. The molecule has 6 heteroatoms. The number of aliphatic imine (C=N–C) groups is 1. The topological polar surface area (TPSA) is 49.3 Å². The number of aromatic nitrogens is 1. The van der Waals surface area contributed by atoms with Crippen LogP contribution in [0.15, 0.2) is 22.5 Å². The highest BCUT2D eigenvalue weighted by Gasteiger charge is 2.17. The van der Waals surface area contributed by atoms with Crippen LogP contribution in [0.2, 0.25) is 0 Å². The standard InChI is InChI=1S/C16H26N4S.HI/c1-16(2,3)13-11-21-14(20-13)9-10-18-15(17-4)19-12-7-5-6-8-12;/h5-6,11-12H,7-10H2,1-4H3,(H2,17,18,19);1H. The van der Waals surface area contributed by atoms with E-state index in [1.165, 1.54) is 10.7 Å². The fourth-order valence-electron chi connectivity index (χ4n) is 2.18. The molecular formula is C16H27IN4S. The minimum absolute atomic E-state index is 0. The van der Waals surface area contributed by atoms with Gasteiger partial charge in [0, 0.05) is 36.9 Å². The van der Waals surface area contributed by atoms with Gasteiger partial charge in [-0.1, -0.05) is 32.9 Å². The number of hydrogen-bond donors (Lipinski definition) is 2. The number of guanidine groups is 1. The SMILES string of the molecule is CN=C(NCCc1nc(C(C)(C)C)cs1)NC1CC=CC1.I. The van der Waals surface area contributed by atoms with Crippen molar-refractivity contribution in [3.63, 3.8) is 0 Å². The lowest BCUT2D eigenvalue weighted by atomic mass is 9.93. The molecule has 1 aliphatic carbocycles. The van der Waals surface area contributed by atoms with Gasteiger partial charge in [-0.2, -0.15) is 0 Å². The first kappa shape index (κ1) is 19.4. The second kappa shape index (κ2) is 8.86. The van der Waals surface area contributed by atoms with E-state index < -0.39 is 0 Å². The van der Waals surface area contributed by atoms with E-state index in [-0.39, 0.29) is 29.4 Å². The number of nitrogens with zero attached hydrogens (tertiary/aromatic N) is 2. The third kappa shape index (κ3) is 5.87. The van der Waals surface area contributed by atoms with Crippen LogP contribution in [-0.4, -0.2) is 30.6 Å². The Morgan fingerprint density at radius 2 is 2.05 bits per heavy atom. The molecule has 0 bridgehead atoms. The van der Waals surface area contributed by atoms with E-state index in [1.54, 1.807) is 11.3 Å². The van der Waals surface area contributed by atoms with E-state index in [0.29, 0.717) is 6.04 Å². The monoisotopic (exact) mass is 434 g/mol. The maximum Gasteiger partial charge on any atom is 0.191 e. The molecular weight excluding hydrogens is 407 g/mol. The molecule has 0 aliphatic heterocycles. The lowest BCUT2D eigenvalue weighted by Crippen LogP contribution is -2.43. The number of nitrogens with one attached hydrogen (secondary N) is 2. The van der Waals surface area contributed by atoms with Gasteiger partial charge in [0.15, 0.2) is 5.96 Å². The summed E-state index contributed by atoms with van der Waals surface area (Å²) in [4.78, 5) is 8.99. The highest BCUT2D eigenvalue weighted by Crippen LogP contribution is 2.23. The summed E-state index contributed by atoms with van der Waals surface area (Å²) in [5, 5.41) is 10.2. The Morgan fingerprint density at radius 3 is 2.59 bits per heavy atom. The third-order valence-corrected chi connectivity index (χ3v) is 4.43. The Kier molecular flexibility index (Phi) is 7.82. The fourth-order valence-corrected chi connectivity index (χ4v) is 3.21. The van der Waals surface area contributed by atoms with Gasteiger partial charge in [-0.3, -0.25) is 4.99 Å². The predicted octanol–water partition coefficient (Wildman–Crippen LogP) is 3.48. The molecule has 0 fully saturated rings. The molecule has 1 heterocycles. The summed E-state index contributed by atoms with van der Waals surface area (Å²) in [7, 11) is 1.82. The van der Waals surface area contributed by atoms with Gasteiger partial charge in [-0.25, -0.2) is 4.98 Å². The first-order valence-corrected chi connectivity index (χ1v) is 8.44. The smallest absolute Gasteiger partial charge is 0.191 e. The lowest BCUT2D eigenvalue weighted by Gasteiger charge is -2.16. The minimum Gasteiger partial charge on any atom is -0.356 e. The quantitative estimate of drug-likeness (QED) is 0.330. The van der Waals surface area contributed by atoms with E-state index in [1.807, 2.05) is 7.05 Å². The molecule has 0 saturated heterocycles. The predicted molar refractivity (Wildman–Crippen MR) is 107 cm³/mol. The molecule has 0 unspecified atom stereocenters. The average molecular weight is 434 g/mol. The van der Waals surface area contributed by atoms with Gasteiger partial charge in [-0.15, -0.1) is 35.3 Å². The summed E-state index contributed by atoms with van der Waals surface area (Å²) in [6.07, 6.45) is 7.54. The zero-order valence-electron chi connectivity index (χ0n) is 13.8. The van der Waals surface area contributed by atoms with Crippen molar-refractivity contribution in [3.8, 4) is 0 Å². The Labute approximate surface area is 154 Å². The second-order valence-electron chi connectivity index (χ2n) is 6.41. The van der Waals surface area contributed by atoms with Crippen molar-refractivity contribution in [2.45, 2.75) is 51.5 Å². The van der Waals surface area contributed by atoms with Crippen molar-refractivity contribution >= 4 is 41.3 Å². The van der Waals surface area contributed by atoms with Crippen LogP contribution in [0.1, 0.15) is 44.3 Å². The van der Waals surface area contributed by atoms with Crippen molar-refractivity contribution in [2.24, 2.45) is 4.99 Å². The molecule has 1 aliphatic rings. The summed E-state index contributed by atoms with van der Waals surface area (Å²) >= 11 is 1.75. The second-order valence-corrected chi connectivity index (χ2v) is 7.35. The van der Waals surface area contributed by atoms with E-state index in [2.05, 4.69) is 53.9 Å². The van der Waals surface area contributed by atoms with Gasteiger partial charge in [0.05, 0.1) is 10.7 Å². The molecule has 0 atom stereocenters. The average Bonchev–Trinajstić information content (AvgIpc) is 3.07. The normalized spacial score (nSPS) is 15.7. The molecule has 0 spiro atoms. The summed E-state index contributed by atoms with van der Waals surface area (Å²) in [6.45, 7) is 7.46. The van der Waals surface area contributed by atoms with Crippen LogP contribution in [-0.2, 0) is 11.8 Å². The Hall–Kier alpha value is -0.630. The first-order chi connectivity index (χ1) is 9.99. The van der Waals surface area contributed by atoms with Crippen molar-refractivity contribution in [1.82, 2.24) is 15.6 Å². The molecule has 0 saturated carbocycles. The lowest BCUT2D eigenvalue weighted by molar-refractivity contribution is 0.570. The molecule has 0 amide bonds. The third-order valence-electron chi connectivity index (χ3n) is 3.52. The van der Waals surface area contributed by atoms with Crippen molar-refractivity contribution in [1.29, 1.82) is 0 Å². The van der Waals surface area contributed by atoms with Gasteiger partial charge in [0.25, 0.3) is 0 Å². The molecule has 0 radical (unpaired) electrons. The van der Waals surface area contributed by atoms with Crippen molar-refractivity contribution < 1.29 is 0 Å². The van der Waals surface area contributed by atoms with Crippen LogP contribution in [0.3, 0.4) is 0 Å². The number of rotatable bonds is 4. The van der Waals surface area contributed by atoms with Gasteiger partial charge >= 0.3 is 0 Å². The molecule has 2 N–H and O–H groups in total. The molecule has 1 aromatic heterocycles. The maximum absolute atomic E-state index is 4.72. The molecule has 0 aromatic carbocycles. The highest BCUT2D eigenvalue weighted by molar-refractivity contribution is 14.0. The van der Waals surface area contributed by atoms with E-state index in [4.69, 9.17) is 4.98 Å². The van der Waals surface area contributed by atoms with Gasteiger partial charge < -0.3 is 10.6 Å². The van der Waals surface area contributed by atoms with Crippen molar-refractivity contribution in [3.05, 3.63) is 28.2 Å². The summed E-state index contributed by atoms with van der Waals surface area (Å²) in [5.74, 6) is 0.885. The van der Waals surface area contributed by atoms with Gasteiger partial charge in [0.2, 0.25) is 0 Å².